The van der Waals surface area contributed by atoms with Crippen molar-refractivity contribution in [3.63, 3.8) is 0 Å². The van der Waals surface area contributed by atoms with Gasteiger partial charge in [-0.1, -0.05) is 12.1 Å². The molecule has 27 heavy (non-hydrogen) atoms. The molecule has 2 aromatic rings. The molecule has 1 saturated heterocycles. The molecule has 0 saturated carbocycles. The van der Waals surface area contributed by atoms with E-state index in [0.29, 0.717) is 38.4 Å². The zero-order valence-electron chi connectivity index (χ0n) is 15.5. The summed E-state index contributed by atoms with van der Waals surface area (Å²) in [6.07, 6.45) is 4.27. The Kier molecular flexibility index (Phi) is 6.45. The average molecular weight is 413 g/mol. The Bertz CT molecular complexity index is 855. The van der Waals surface area contributed by atoms with Crippen LogP contribution in [-0.2, 0) is 28.7 Å². The third kappa shape index (κ3) is 5.05. The molecule has 0 aromatic carbocycles. The van der Waals surface area contributed by atoms with Gasteiger partial charge in [-0.3, -0.25) is 4.99 Å². The smallest absolute Gasteiger partial charge is 0.220 e. The fourth-order valence-corrected chi connectivity index (χ4v) is 5.08. The summed E-state index contributed by atoms with van der Waals surface area (Å²) < 4.78 is 31.2. The van der Waals surface area contributed by atoms with Crippen LogP contribution in [0.25, 0.3) is 0 Å². The molecule has 1 aliphatic rings. The van der Waals surface area contributed by atoms with Gasteiger partial charge in [-0.2, -0.15) is 4.31 Å². The van der Waals surface area contributed by atoms with Gasteiger partial charge in [0.2, 0.25) is 10.0 Å². The molecule has 0 bridgehead atoms. The van der Waals surface area contributed by atoms with E-state index in [-0.39, 0.29) is 5.75 Å². The lowest BCUT2D eigenvalue weighted by Gasteiger charge is -2.35. The van der Waals surface area contributed by atoms with Gasteiger partial charge in [0.25, 0.3) is 0 Å². The minimum Gasteiger partial charge on any atom is -0.364 e. The molecule has 0 spiro atoms. The van der Waals surface area contributed by atoms with Gasteiger partial charge in [0.15, 0.2) is 5.96 Å². The van der Waals surface area contributed by atoms with E-state index >= 15 is 0 Å². The van der Waals surface area contributed by atoms with Crippen molar-refractivity contribution in [3.05, 3.63) is 34.1 Å². The third-order valence-corrected chi connectivity index (χ3v) is 7.27. The van der Waals surface area contributed by atoms with E-state index in [4.69, 9.17) is 4.52 Å². The van der Waals surface area contributed by atoms with Gasteiger partial charge in [-0.25, -0.2) is 13.4 Å². The van der Waals surface area contributed by atoms with E-state index < -0.39 is 10.0 Å². The molecule has 0 amide bonds. The number of nitrogens with one attached hydrogen (secondary N) is 1. The Balaban J connectivity index is 1.52. The zero-order chi connectivity index (χ0) is 19.3. The lowest BCUT2D eigenvalue weighted by molar-refractivity contribution is 0.259. The Hall–Kier alpha value is -1.98. The molecule has 1 fully saturated rings. The molecular weight excluding hydrogens is 388 g/mol. The highest BCUT2D eigenvalue weighted by molar-refractivity contribution is 7.88. The fourth-order valence-electron chi connectivity index (χ4n) is 2.85. The van der Waals surface area contributed by atoms with Crippen LogP contribution in [0.1, 0.15) is 22.5 Å². The number of aliphatic imine (C=N–C) groups is 1. The van der Waals surface area contributed by atoms with Crippen LogP contribution in [0.4, 0.5) is 0 Å². The number of rotatable bonds is 6. The first-order valence-electron chi connectivity index (χ1n) is 8.78. The maximum Gasteiger partial charge on any atom is 0.220 e. The van der Waals surface area contributed by atoms with Crippen LogP contribution in [0, 0.1) is 0 Å². The Labute approximate surface area is 163 Å². The van der Waals surface area contributed by atoms with Gasteiger partial charge in [-0.15, -0.1) is 11.3 Å². The zero-order valence-corrected chi connectivity index (χ0v) is 17.1. The van der Waals surface area contributed by atoms with E-state index in [2.05, 4.69) is 32.3 Å². The second kappa shape index (κ2) is 8.81. The molecular formula is C16H24N6O3S2. The number of aromatic nitrogens is 2. The fraction of sp³-hybridized carbons (Fsp3) is 0.562. The molecule has 1 N–H and O–H groups in total. The van der Waals surface area contributed by atoms with Gasteiger partial charge in [0.1, 0.15) is 17.0 Å². The van der Waals surface area contributed by atoms with Crippen molar-refractivity contribution >= 4 is 27.3 Å². The number of aryl methyl sites for hydroxylation is 1. The lowest BCUT2D eigenvalue weighted by Crippen LogP contribution is -2.53. The van der Waals surface area contributed by atoms with Crippen LogP contribution in [0.2, 0.25) is 0 Å². The van der Waals surface area contributed by atoms with Crippen molar-refractivity contribution in [3.8, 4) is 0 Å². The summed E-state index contributed by atoms with van der Waals surface area (Å²) in [4.78, 5) is 12.0. The first kappa shape index (κ1) is 19.8. The lowest BCUT2D eigenvalue weighted by atomic mass is 10.4. The van der Waals surface area contributed by atoms with Crippen molar-refractivity contribution < 1.29 is 12.9 Å². The molecule has 0 radical (unpaired) electrons. The first-order valence-corrected chi connectivity index (χ1v) is 11.2. The topological polar surface area (TPSA) is 104 Å². The summed E-state index contributed by atoms with van der Waals surface area (Å²) in [6.45, 7) is 4.71. The molecule has 0 atom stereocenters. The largest absolute Gasteiger partial charge is 0.364 e. The van der Waals surface area contributed by atoms with Crippen LogP contribution in [0.3, 0.4) is 0 Å². The quantitative estimate of drug-likeness (QED) is 0.556. The van der Waals surface area contributed by atoms with E-state index in [1.807, 2.05) is 6.20 Å². The molecule has 0 aliphatic carbocycles. The van der Waals surface area contributed by atoms with Crippen molar-refractivity contribution in [1.29, 1.82) is 0 Å². The highest BCUT2D eigenvalue weighted by Gasteiger charge is 2.29. The maximum atomic E-state index is 12.5. The summed E-state index contributed by atoms with van der Waals surface area (Å²) >= 11 is 1.69. The van der Waals surface area contributed by atoms with Crippen molar-refractivity contribution in [2.75, 3.05) is 33.2 Å². The molecule has 3 rings (SSSR count). The van der Waals surface area contributed by atoms with Gasteiger partial charge >= 0.3 is 0 Å². The second-order valence-electron chi connectivity index (χ2n) is 6.11. The predicted molar refractivity (Wildman–Crippen MR) is 104 cm³/mol. The minimum atomic E-state index is -3.40. The standard InChI is InChI=1S/C16H24N6O3S2/c1-3-14-10-18-15(26-14)11-19-16(17-2)21-5-7-22(8-6-21)27(23,24)12-13-4-9-25-20-13/h4,9-10H,3,5-8,11-12H2,1-2H3,(H,17,19). The summed E-state index contributed by atoms with van der Waals surface area (Å²) in [5.41, 5.74) is 0.421. The maximum absolute atomic E-state index is 12.5. The summed E-state index contributed by atoms with van der Waals surface area (Å²) in [5, 5.41) is 8.02. The number of thiazole rings is 1. The highest BCUT2D eigenvalue weighted by atomic mass is 32.2. The molecule has 9 nitrogen and oxygen atoms in total. The van der Waals surface area contributed by atoms with Crippen LogP contribution < -0.4 is 5.32 Å². The van der Waals surface area contributed by atoms with Gasteiger partial charge in [-0.05, 0) is 6.42 Å². The molecule has 0 unspecified atom stereocenters. The summed E-state index contributed by atoms with van der Waals surface area (Å²) in [6, 6.07) is 1.57. The normalized spacial score (nSPS) is 16.7. The number of piperazine rings is 1. The van der Waals surface area contributed by atoms with Crippen molar-refractivity contribution in [1.82, 2.24) is 24.7 Å². The second-order valence-corrected chi connectivity index (χ2v) is 9.28. The Morgan fingerprint density at radius 3 is 2.74 bits per heavy atom. The van der Waals surface area contributed by atoms with E-state index in [1.165, 1.54) is 15.4 Å². The number of guanidine groups is 1. The van der Waals surface area contributed by atoms with Gasteiger partial charge < -0.3 is 14.7 Å². The SMILES string of the molecule is CCc1cnc(CNC(=NC)N2CCN(S(=O)(=O)Cc3ccon3)CC2)s1. The number of hydrogen-bond donors (Lipinski definition) is 1. The van der Waals surface area contributed by atoms with Crippen LogP contribution >= 0.6 is 11.3 Å². The summed E-state index contributed by atoms with van der Waals surface area (Å²) in [5.74, 6) is 0.622. The third-order valence-electron chi connectivity index (χ3n) is 4.31. The molecule has 148 valence electrons. The molecule has 3 heterocycles. The number of sulfonamides is 1. The molecule has 2 aromatic heterocycles. The molecule has 11 heteroatoms. The minimum absolute atomic E-state index is 0.139. The Morgan fingerprint density at radius 1 is 1.37 bits per heavy atom. The van der Waals surface area contributed by atoms with Crippen LogP contribution in [-0.4, -0.2) is 66.9 Å². The van der Waals surface area contributed by atoms with E-state index in [0.717, 1.165) is 17.4 Å². The van der Waals surface area contributed by atoms with Crippen LogP contribution in [0.15, 0.2) is 28.0 Å². The van der Waals surface area contributed by atoms with Crippen molar-refractivity contribution in [2.24, 2.45) is 4.99 Å². The van der Waals surface area contributed by atoms with E-state index in [1.54, 1.807) is 24.5 Å². The monoisotopic (exact) mass is 412 g/mol. The van der Waals surface area contributed by atoms with Crippen LogP contribution in [0.5, 0.6) is 0 Å². The Morgan fingerprint density at radius 2 is 2.15 bits per heavy atom. The first-order chi connectivity index (χ1) is 13.0. The van der Waals surface area contributed by atoms with Crippen molar-refractivity contribution in [2.45, 2.75) is 25.6 Å². The number of nitrogens with zero attached hydrogens (tertiary/aromatic N) is 5. The van der Waals surface area contributed by atoms with E-state index in [9.17, 15) is 8.42 Å². The average Bonchev–Trinajstić information content (AvgIpc) is 3.34. The summed E-state index contributed by atoms with van der Waals surface area (Å²) in [7, 11) is -1.67. The van der Waals surface area contributed by atoms with Gasteiger partial charge in [0, 0.05) is 50.4 Å². The number of hydrogen-bond acceptors (Lipinski definition) is 7. The predicted octanol–water partition coefficient (Wildman–Crippen LogP) is 0.916. The highest BCUT2D eigenvalue weighted by Crippen LogP contribution is 2.14. The molecule has 1 aliphatic heterocycles. The van der Waals surface area contributed by atoms with Gasteiger partial charge in [0.05, 0.1) is 12.2 Å².